The molecule has 0 aromatic heterocycles. The van der Waals surface area contributed by atoms with Gasteiger partial charge in [-0.3, -0.25) is 10.0 Å². The van der Waals surface area contributed by atoms with E-state index in [0.717, 1.165) is 31.6 Å². The summed E-state index contributed by atoms with van der Waals surface area (Å²) < 4.78 is 5.12. The number of benzene rings is 1. The first-order valence-electron chi connectivity index (χ1n) is 6.87. The highest BCUT2D eigenvalue weighted by Crippen LogP contribution is 2.33. The van der Waals surface area contributed by atoms with Crippen LogP contribution < -0.4 is 20.2 Å². The van der Waals surface area contributed by atoms with Gasteiger partial charge >= 0.3 is 0 Å². The monoisotopic (exact) mass is 294 g/mol. The first-order chi connectivity index (χ1) is 10.1. The van der Waals surface area contributed by atoms with Crippen molar-refractivity contribution in [2.45, 2.75) is 12.8 Å². The molecular formula is C14H20N3O4-. The normalized spacial score (nSPS) is 15.7. The molecule has 0 radical (unpaired) electrons. The maximum Gasteiger partial charge on any atom is 0.222 e. The summed E-state index contributed by atoms with van der Waals surface area (Å²) in [6, 6.07) is 5.00. The van der Waals surface area contributed by atoms with Crippen molar-refractivity contribution in [1.29, 1.82) is 0 Å². The van der Waals surface area contributed by atoms with E-state index < -0.39 is 0 Å². The maximum atomic E-state index is 11.6. The van der Waals surface area contributed by atoms with Crippen molar-refractivity contribution in [3.63, 3.8) is 0 Å². The minimum atomic E-state index is -0.208. The fraction of sp³-hybridized carbons (Fsp3) is 0.500. The lowest BCUT2D eigenvalue weighted by molar-refractivity contribution is -0.125. The molecular weight excluding hydrogens is 274 g/mol. The number of carbonyl (C=O) groups is 1. The van der Waals surface area contributed by atoms with E-state index in [1.54, 1.807) is 19.2 Å². The fourth-order valence-electron chi connectivity index (χ4n) is 2.63. The van der Waals surface area contributed by atoms with Crippen LogP contribution in [0.5, 0.6) is 5.75 Å². The molecule has 1 amide bonds. The molecule has 0 atom stereocenters. The number of nitrogens with one attached hydrogen (secondary N) is 1. The van der Waals surface area contributed by atoms with Crippen molar-refractivity contribution in [2.24, 2.45) is 5.92 Å². The number of carbonyl (C=O) groups excluding carboxylic acids is 1. The van der Waals surface area contributed by atoms with E-state index in [1.807, 2.05) is 0 Å². The predicted molar refractivity (Wildman–Crippen MR) is 79.6 cm³/mol. The Hall–Kier alpha value is -1.99. The van der Waals surface area contributed by atoms with Gasteiger partial charge in [0.05, 0.1) is 12.8 Å². The molecule has 116 valence electrons. The lowest BCUT2D eigenvalue weighted by atomic mass is 9.95. The fourth-order valence-corrected chi connectivity index (χ4v) is 2.63. The van der Waals surface area contributed by atoms with Gasteiger partial charge in [-0.25, -0.2) is 0 Å². The van der Waals surface area contributed by atoms with Gasteiger partial charge < -0.3 is 25.4 Å². The average Bonchev–Trinajstić information content (AvgIpc) is 2.53. The topological polar surface area (TPSA) is 88.1 Å². The summed E-state index contributed by atoms with van der Waals surface area (Å²) in [6.07, 6.45) is 1.58. The zero-order valence-electron chi connectivity index (χ0n) is 12.2. The molecule has 0 bridgehead atoms. The van der Waals surface area contributed by atoms with E-state index >= 15 is 0 Å². The molecule has 21 heavy (non-hydrogen) atoms. The Morgan fingerprint density at radius 2 is 2.14 bits per heavy atom. The van der Waals surface area contributed by atoms with Gasteiger partial charge in [0.1, 0.15) is 5.75 Å². The van der Waals surface area contributed by atoms with E-state index in [4.69, 9.17) is 9.94 Å². The third kappa shape index (κ3) is 3.37. The van der Waals surface area contributed by atoms with Gasteiger partial charge in [0.25, 0.3) is 0 Å². The standard InChI is InChI=1S/C14H20N3O4/c1-15-14(18)10-5-7-16(8-6-10)11-3-4-12(17(19)20)13(9-11)21-2/h3-4,9-10,19H,5-8H2,1-2H3,(H,15,18)/q-1. The van der Waals surface area contributed by atoms with E-state index in [-0.39, 0.29) is 22.7 Å². The zero-order chi connectivity index (χ0) is 15.4. The van der Waals surface area contributed by atoms with Crippen LogP contribution in [0, 0.1) is 11.1 Å². The van der Waals surface area contributed by atoms with E-state index in [0.29, 0.717) is 5.75 Å². The molecule has 2 rings (SSSR count). The number of hydrogen-bond acceptors (Lipinski definition) is 6. The number of rotatable bonds is 4. The van der Waals surface area contributed by atoms with E-state index in [9.17, 15) is 10.0 Å². The molecule has 1 aliphatic heterocycles. The van der Waals surface area contributed by atoms with E-state index in [1.165, 1.54) is 13.2 Å². The van der Waals surface area contributed by atoms with Crippen molar-refractivity contribution < 1.29 is 14.7 Å². The van der Waals surface area contributed by atoms with Gasteiger partial charge in [-0.15, -0.1) is 0 Å². The SMILES string of the molecule is CNC(=O)C1CCN(c2ccc(N([O-])O)c(OC)c2)CC1. The molecule has 0 unspecified atom stereocenters. The van der Waals surface area contributed by atoms with Crippen molar-refractivity contribution in [3.8, 4) is 5.75 Å². The Bertz CT molecular complexity index is 499. The van der Waals surface area contributed by atoms with Crippen LogP contribution in [0.1, 0.15) is 12.8 Å². The maximum absolute atomic E-state index is 11.6. The second-order valence-electron chi connectivity index (χ2n) is 5.00. The molecule has 0 spiro atoms. The minimum Gasteiger partial charge on any atom is -0.733 e. The molecule has 2 N–H and O–H groups in total. The molecule has 1 aromatic rings. The summed E-state index contributed by atoms with van der Waals surface area (Å²) in [5.41, 5.74) is 0.981. The Balaban J connectivity index is 2.08. The number of hydrogen-bond donors (Lipinski definition) is 2. The molecule has 1 aromatic carbocycles. The Kier molecular flexibility index (Phi) is 4.87. The lowest BCUT2D eigenvalue weighted by Gasteiger charge is -2.33. The summed E-state index contributed by atoms with van der Waals surface area (Å²) in [5.74, 6) is 0.463. The Morgan fingerprint density at radius 1 is 1.48 bits per heavy atom. The third-order valence-electron chi connectivity index (χ3n) is 3.85. The number of methoxy groups -OCH3 is 1. The van der Waals surface area contributed by atoms with Gasteiger partial charge in [-0.05, 0) is 25.0 Å². The quantitative estimate of drug-likeness (QED) is 0.815. The predicted octanol–water partition coefficient (Wildman–Crippen LogP) is 1.35. The van der Waals surface area contributed by atoms with Crippen LogP contribution in [0.4, 0.5) is 11.4 Å². The number of amides is 1. The van der Waals surface area contributed by atoms with Crippen LogP contribution in [-0.2, 0) is 4.79 Å². The summed E-state index contributed by atoms with van der Waals surface area (Å²) >= 11 is 0. The van der Waals surface area contributed by atoms with Gasteiger partial charge in [-0.1, -0.05) is 0 Å². The first-order valence-corrected chi connectivity index (χ1v) is 6.87. The van der Waals surface area contributed by atoms with Gasteiger partial charge in [0.15, 0.2) is 0 Å². The van der Waals surface area contributed by atoms with E-state index in [2.05, 4.69) is 10.2 Å². The molecule has 1 saturated heterocycles. The van der Waals surface area contributed by atoms with Gasteiger partial charge in [-0.2, -0.15) is 0 Å². The minimum absolute atomic E-state index is 0.0574. The molecule has 0 saturated carbocycles. The second-order valence-corrected chi connectivity index (χ2v) is 5.00. The van der Waals surface area contributed by atoms with Crippen LogP contribution in [0.25, 0.3) is 0 Å². The number of anilines is 2. The molecule has 7 nitrogen and oxygen atoms in total. The summed E-state index contributed by atoms with van der Waals surface area (Å²) in [7, 11) is 3.10. The molecule has 1 aliphatic rings. The first kappa shape index (κ1) is 15.4. The van der Waals surface area contributed by atoms with Crippen LogP contribution >= 0.6 is 0 Å². The number of piperidine rings is 1. The zero-order valence-corrected chi connectivity index (χ0v) is 12.2. The van der Waals surface area contributed by atoms with Gasteiger partial charge in [0, 0.05) is 37.8 Å². The summed E-state index contributed by atoms with van der Waals surface area (Å²) in [4.78, 5) is 13.7. The van der Waals surface area contributed by atoms with Crippen LogP contribution in [-0.4, -0.2) is 38.4 Å². The molecule has 1 heterocycles. The number of ether oxygens (including phenoxy) is 1. The van der Waals surface area contributed by atoms with Crippen molar-refractivity contribution in [3.05, 3.63) is 23.4 Å². The van der Waals surface area contributed by atoms with Gasteiger partial charge in [0.2, 0.25) is 5.91 Å². The lowest BCUT2D eigenvalue weighted by Crippen LogP contribution is -2.39. The highest BCUT2D eigenvalue weighted by molar-refractivity contribution is 5.78. The van der Waals surface area contributed by atoms with Crippen molar-refractivity contribution >= 4 is 17.3 Å². The second kappa shape index (κ2) is 6.64. The largest absolute Gasteiger partial charge is 0.733 e. The molecule has 7 heteroatoms. The highest BCUT2D eigenvalue weighted by Gasteiger charge is 2.24. The highest BCUT2D eigenvalue weighted by atomic mass is 16.8. The van der Waals surface area contributed by atoms with Crippen molar-refractivity contribution in [2.75, 3.05) is 37.4 Å². The summed E-state index contributed by atoms with van der Waals surface area (Å²) in [6.45, 7) is 1.53. The number of nitrogens with zero attached hydrogens (tertiary/aromatic N) is 2. The average molecular weight is 294 g/mol. The van der Waals surface area contributed by atoms with Crippen LogP contribution in [0.3, 0.4) is 0 Å². The molecule has 1 fully saturated rings. The van der Waals surface area contributed by atoms with Crippen LogP contribution in [0.15, 0.2) is 18.2 Å². The summed E-state index contributed by atoms with van der Waals surface area (Å²) in [5, 5.41) is 22.5. The molecule has 0 aliphatic carbocycles. The van der Waals surface area contributed by atoms with Crippen molar-refractivity contribution in [1.82, 2.24) is 5.32 Å². The van der Waals surface area contributed by atoms with Crippen LogP contribution in [0.2, 0.25) is 0 Å². The Labute approximate surface area is 123 Å². The Morgan fingerprint density at radius 3 is 2.67 bits per heavy atom. The third-order valence-corrected chi connectivity index (χ3v) is 3.85. The smallest absolute Gasteiger partial charge is 0.222 e.